The van der Waals surface area contributed by atoms with Crippen LogP contribution in [0.5, 0.6) is 0 Å². The predicted molar refractivity (Wildman–Crippen MR) is 154 cm³/mol. The summed E-state index contributed by atoms with van der Waals surface area (Å²) in [6.07, 6.45) is 3.89. The van der Waals surface area contributed by atoms with E-state index in [9.17, 15) is 13.9 Å². The minimum absolute atomic E-state index is 0.346. The molecule has 3 rings (SSSR count). The van der Waals surface area contributed by atoms with Crippen molar-refractivity contribution < 1.29 is 18.6 Å². The Morgan fingerprint density at radius 2 is 1.76 bits per heavy atom. The van der Waals surface area contributed by atoms with Crippen molar-refractivity contribution >= 4 is 12.8 Å². The van der Waals surface area contributed by atoms with Crippen molar-refractivity contribution in [2.45, 2.75) is 52.4 Å². The van der Waals surface area contributed by atoms with Crippen molar-refractivity contribution in [3.63, 3.8) is 0 Å². The van der Waals surface area contributed by atoms with Gasteiger partial charge in [0.2, 0.25) is 0 Å². The van der Waals surface area contributed by atoms with Gasteiger partial charge in [-0.15, -0.1) is 0 Å². The fourth-order valence-corrected chi connectivity index (χ4v) is 3.15. The molecule has 2 aromatic carbocycles. The van der Waals surface area contributed by atoms with Crippen LogP contribution in [0.25, 0.3) is 6.08 Å². The molecule has 0 aliphatic rings. The second-order valence-electron chi connectivity index (χ2n) is 7.70. The minimum atomic E-state index is -2.44. The summed E-state index contributed by atoms with van der Waals surface area (Å²) >= 11 is 0. The van der Waals surface area contributed by atoms with Crippen molar-refractivity contribution in [3.05, 3.63) is 102 Å². The molecule has 6 nitrogen and oxygen atoms in total. The van der Waals surface area contributed by atoms with Crippen LogP contribution < -0.4 is 5.32 Å². The number of aliphatic imine (C=N–C) groups is 1. The second kappa shape index (κ2) is 21.7. The molecule has 0 radical (unpaired) electrons. The summed E-state index contributed by atoms with van der Waals surface area (Å²) in [6.45, 7) is 12.8. The van der Waals surface area contributed by atoms with E-state index < -0.39 is 19.1 Å². The van der Waals surface area contributed by atoms with E-state index in [0.717, 1.165) is 34.5 Å². The molecule has 8 heteroatoms. The summed E-state index contributed by atoms with van der Waals surface area (Å²) in [5.41, 5.74) is 4.70. The molecule has 2 atom stereocenters. The molecule has 2 unspecified atom stereocenters. The molecule has 0 fully saturated rings. The Morgan fingerprint density at radius 3 is 2.29 bits per heavy atom. The van der Waals surface area contributed by atoms with Crippen molar-refractivity contribution in [1.82, 2.24) is 15.3 Å². The summed E-state index contributed by atoms with van der Waals surface area (Å²) in [4.78, 5) is 11.3. The van der Waals surface area contributed by atoms with E-state index in [0.29, 0.717) is 6.42 Å². The lowest BCUT2D eigenvalue weighted by Crippen LogP contribution is -2.10. The molecule has 0 saturated carbocycles. The van der Waals surface area contributed by atoms with Crippen LogP contribution in [-0.4, -0.2) is 48.9 Å². The zero-order chi connectivity index (χ0) is 28.8. The molecule has 2 N–H and O–H groups in total. The van der Waals surface area contributed by atoms with E-state index in [4.69, 9.17) is 4.74 Å². The number of aliphatic hydroxyl groups is 1. The molecule has 0 bridgehead atoms. The number of rotatable bonds is 10. The number of alkyl halides is 2. The Morgan fingerprint density at radius 1 is 1.11 bits per heavy atom. The molecule has 0 spiro atoms. The van der Waals surface area contributed by atoms with Gasteiger partial charge >= 0.3 is 0 Å². The van der Waals surface area contributed by atoms with Crippen LogP contribution >= 0.6 is 0 Å². The van der Waals surface area contributed by atoms with Crippen LogP contribution in [0.2, 0.25) is 0 Å². The monoisotopic (exact) mass is 528 g/mol. The van der Waals surface area contributed by atoms with E-state index >= 15 is 0 Å². The van der Waals surface area contributed by atoms with Crippen LogP contribution in [0, 0.1) is 0 Å². The highest BCUT2D eigenvalue weighted by Gasteiger charge is 2.11. The average molecular weight is 529 g/mol. The van der Waals surface area contributed by atoms with Crippen molar-refractivity contribution in [3.8, 4) is 0 Å². The van der Waals surface area contributed by atoms with Crippen LogP contribution in [0.1, 0.15) is 60.9 Å². The largest absolute Gasteiger partial charge is 0.388 e. The van der Waals surface area contributed by atoms with Crippen LogP contribution in [0.3, 0.4) is 0 Å². The lowest BCUT2D eigenvalue weighted by atomic mass is 10.0. The van der Waals surface area contributed by atoms with Gasteiger partial charge < -0.3 is 20.2 Å². The molecular weight excluding hydrogens is 486 g/mol. The Labute approximate surface area is 226 Å². The number of aromatic nitrogens is 2. The van der Waals surface area contributed by atoms with Crippen LogP contribution in [-0.2, 0) is 17.7 Å². The maximum Gasteiger partial charge on any atom is 0.261 e. The third-order valence-corrected chi connectivity index (χ3v) is 4.90. The molecule has 1 heterocycles. The van der Waals surface area contributed by atoms with Gasteiger partial charge in [0.25, 0.3) is 6.43 Å². The normalized spacial score (nSPS) is 11.4. The third kappa shape index (κ3) is 14.4. The van der Waals surface area contributed by atoms with Crippen molar-refractivity contribution in [2.24, 2.45) is 4.99 Å². The number of benzene rings is 2. The summed E-state index contributed by atoms with van der Waals surface area (Å²) in [5.74, 6) is 0. The maximum absolute atomic E-state index is 12.1. The number of ether oxygens (including phenoxy) is 1. The number of nitrogens with zero attached hydrogens (tertiary/aromatic N) is 3. The van der Waals surface area contributed by atoms with E-state index in [2.05, 4.69) is 33.6 Å². The molecule has 1 aromatic heterocycles. The molecule has 0 saturated heterocycles. The summed E-state index contributed by atoms with van der Waals surface area (Å²) in [6, 6.07) is 15.3. The van der Waals surface area contributed by atoms with Crippen molar-refractivity contribution in [1.29, 1.82) is 0 Å². The van der Waals surface area contributed by atoms with E-state index in [1.165, 1.54) is 0 Å². The molecule has 0 aliphatic carbocycles. The maximum atomic E-state index is 12.1. The highest BCUT2D eigenvalue weighted by atomic mass is 19.3. The summed E-state index contributed by atoms with van der Waals surface area (Å²) in [7, 11) is 3.51. The highest BCUT2D eigenvalue weighted by Crippen LogP contribution is 2.22. The highest BCUT2D eigenvalue weighted by molar-refractivity contribution is 5.53. The standard InChI is InChI=1S/C14H19F2NO.C12H12N2O.C2H5N.C2H6/c1-4-11-7-12(5-6-13(11)8-17-3)10(2)18-9-14(15)16;15-12(10-4-2-1-3-5-10)8-11-9-13-6-7-14-11;1-3-2;1-2/h4-7,10,14,17H,1,8-9H2,2-3H3;1-7,9,12,15H,8H2;1H2,2H3;1-2H3. The fourth-order valence-electron chi connectivity index (χ4n) is 3.15. The third-order valence-electron chi connectivity index (χ3n) is 4.90. The molecule has 0 aliphatic heterocycles. The van der Waals surface area contributed by atoms with Gasteiger partial charge in [-0.25, -0.2) is 8.78 Å². The number of aliphatic hydroxyl groups excluding tert-OH is 1. The van der Waals surface area contributed by atoms with Gasteiger partial charge in [0.1, 0.15) is 6.61 Å². The van der Waals surface area contributed by atoms with Gasteiger partial charge in [-0.2, -0.15) is 0 Å². The van der Waals surface area contributed by atoms with Gasteiger partial charge in [-0.05, 0) is 49.0 Å². The number of hydrogen-bond acceptors (Lipinski definition) is 6. The Hall–Kier alpha value is -3.33. The number of nitrogens with one attached hydrogen (secondary N) is 1. The van der Waals surface area contributed by atoms with E-state index in [1.54, 1.807) is 38.6 Å². The van der Waals surface area contributed by atoms with E-state index in [1.807, 2.05) is 69.4 Å². The Bertz CT molecular complexity index is 1010. The smallest absolute Gasteiger partial charge is 0.261 e. The van der Waals surface area contributed by atoms with Gasteiger partial charge in [0.05, 0.1) is 17.9 Å². The molecule has 208 valence electrons. The Balaban J connectivity index is 0.000000622. The first kappa shape index (κ1) is 34.7. The second-order valence-corrected chi connectivity index (χ2v) is 7.70. The van der Waals surface area contributed by atoms with Gasteiger partial charge in [-0.3, -0.25) is 9.97 Å². The number of halogens is 2. The molecule has 3 aromatic rings. The summed E-state index contributed by atoms with van der Waals surface area (Å²) < 4.78 is 29.2. The quantitative estimate of drug-likeness (QED) is 0.294. The molecule has 0 amide bonds. The van der Waals surface area contributed by atoms with Crippen LogP contribution in [0.4, 0.5) is 8.78 Å². The molecular formula is C30H42F2N4O2. The first-order chi connectivity index (χ1) is 18.4. The predicted octanol–water partition coefficient (Wildman–Crippen LogP) is 6.49. The molecule has 38 heavy (non-hydrogen) atoms. The van der Waals surface area contributed by atoms with Crippen LogP contribution in [0.15, 0.2) is 78.7 Å². The van der Waals surface area contributed by atoms with Gasteiger partial charge in [0.15, 0.2) is 0 Å². The number of hydrogen-bond donors (Lipinski definition) is 2. The lowest BCUT2D eigenvalue weighted by molar-refractivity contribution is -0.0181. The Kier molecular flexibility index (Phi) is 19.8. The lowest BCUT2D eigenvalue weighted by Gasteiger charge is -2.15. The zero-order valence-electron chi connectivity index (χ0n) is 23.1. The topological polar surface area (TPSA) is 79.6 Å². The van der Waals surface area contributed by atoms with E-state index in [-0.39, 0.29) is 6.10 Å². The first-order valence-electron chi connectivity index (χ1n) is 12.5. The van der Waals surface area contributed by atoms with Gasteiger partial charge in [-0.1, -0.05) is 69.0 Å². The minimum Gasteiger partial charge on any atom is -0.388 e. The fraction of sp³-hybridized carbons (Fsp3) is 0.367. The first-order valence-corrected chi connectivity index (χ1v) is 12.5. The zero-order valence-corrected chi connectivity index (χ0v) is 23.1. The SMILES string of the molecule is C=Cc1cc(C(C)OCC(F)F)ccc1CNC.C=NC.CC.OC(Cc1cnccn1)c1ccccc1. The summed E-state index contributed by atoms with van der Waals surface area (Å²) in [5, 5.41) is 13.0. The van der Waals surface area contributed by atoms with Gasteiger partial charge in [0, 0.05) is 38.6 Å². The average Bonchev–Trinajstić information content (AvgIpc) is 2.95. The van der Waals surface area contributed by atoms with Crippen molar-refractivity contribution in [2.75, 3.05) is 20.7 Å².